The van der Waals surface area contributed by atoms with Crippen LogP contribution in [0.3, 0.4) is 0 Å². The number of carbonyl (C=O) groups is 1. The lowest BCUT2D eigenvalue weighted by Gasteiger charge is -2.36. The van der Waals surface area contributed by atoms with Crippen molar-refractivity contribution in [2.75, 3.05) is 31.1 Å². The Morgan fingerprint density at radius 1 is 1.03 bits per heavy atom. The highest BCUT2D eigenvalue weighted by Gasteiger charge is 2.30. The summed E-state index contributed by atoms with van der Waals surface area (Å²) in [7, 11) is 0. The maximum atomic E-state index is 12.5. The van der Waals surface area contributed by atoms with Crippen LogP contribution in [0.4, 0.5) is 23.7 Å². The lowest BCUT2D eigenvalue weighted by atomic mass is 10.2. The highest BCUT2D eigenvalue weighted by molar-refractivity contribution is 5.68. The van der Waals surface area contributed by atoms with Crippen molar-refractivity contribution in [2.45, 2.75) is 39.1 Å². The molecule has 1 aliphatic heterocycles. The van der Waals surface area contributed by atoms with Gasteiger partial charge >= 0.3 is 18.0 Å². The molecule has 0 N–H and O–H groups in total. The zero-order valence-electron chi connectivity index (χ0n) is 17.0. The molecule has 0 unspecified atom stereocenters. The summed E-state index contributed by atoms with van der Waals surface area (Å²) in [6, 6.07) is 6.87. The van der Waals surface area contributed by atoms with E-state index in [0.29, 0.717) is 36.5 Å². The van der Waals surface area contributed by atoms with Crippen LogP contribution in [-0.2, 0) is 11.3 Å². The Morgan fingerprint density at radius 2 is 1.60 bits per heavy atom. The molecule has 11 heteroatoms. The van der Waals surface area contributed by atoms with Crippen LogP contribution in [-0.4, -0.2) is 63.3 Å². The van der Waals surface area contributed by atoms with Crippen molar-refractivity contribution in [3.8, 4) is 5.69 Å². The van der Waals surface area contributed by atoms with Gasteiger partial charge in [0.2, 0.25) is 0 Å². The van der Waals surface area contributed by atoms with E-state index in [9.17, 15) is 22.8 Å². The van der Waals surface area contributed by atoms with Crippen molar-refractivity contribution >= 4 is 11.8 Å². The van der Waals surface area contributed by atoms with Crippen LogP contribution in [0.25, 0.3) is 5.69 Å². The lowest BCUT2D eigenvalue weighted by molar-refractivity contribution is -0.143. The molecule has 0 bridgehead atoms. The molecule has 2 aromatic rings. The summed E-state index contributed by atoms with van der Waals surface area (Å²) < 4.78 is 44.3. The third-order valence-electron chi connectivity index (χ3n) is 4.49. The number of benzene rings is 1. The molecule has 1 aromatic carbocycles. The molecule has 8 nitrogen and oxygen atoms in total. The Labute approximate surface area is 171 Å². The second-order valence-electron chi connectivity index (χ2n) is 8.03. The van der Waals surface area contributed by atoms with Gasteiger partial charge in [0.05, 0.1) is 5.69 Å². The van der Waals surface area contributed by atoms with Crippen LogP contribution < -0.4 is 10.6 Å². The van der Waals surface area contributed by atoms with E-state index < -0.39 is 24.0 Å². The smallest absolute Gasteiger partial charge is 0.410 e. The zero-order chi connectivity index (χ0) is 22.1. The number of aromatic nitrogens is 3. The maximum Gasteiger partial charge on any atom is 0.410 e. The van der Waals surface area contributed by atoms with Crippen LogP contribution >= 0.6 is 0 Å². The first-order chi connectivity index (χ1) is 13.9. The van der Waals surface area contributed by atoms with E-state index in [1.54, 1.807) is 29.2 Å². The highest BCUT2D eigenvalue weighted by Crippen LogP contribution is 2.20. The summed E-state index contributed by atoms with van der Waals surface area (Å²) >= 11 is 0. The molecular formula is C19H24F3N5O3. The Morgan fingerprint density at radius 3 is 2.13 bits per heavy atom. The first-order valence-electron chi connectivity index (χ1n) is 9.47. The minimum Gasteiger partial charge on any atom is -0.444 e. The molecule has 164 valence electrons. The van der Waals surface area contributed by atoms with Crippen molar-refractivity contribution in [1.29, 1.82) is 0 Å². The third kappa shape index (κ3) is 5.33. The molecule has 0 saturated carbocycles. The highest BCUT2D eigenvalue weighted by atomic mass is 19.4. The number of carbonyl (C=O) groups excluding carboxylic acids is 1. The lowest BCUT2D eigenvalue weighted by Crippen LogP contribution is -2.50. The van der Waals surface area contributed by atoms with Crippen LogP contribution in [0.2, 0.25) is 0 Å². The van der Waals surface area contributed by atoms with E-state index in [-0.39, 0.29) is 6.09 Å². The number of halogens is 3. The number of ether oxygens (including phenoxy) is 1. The molecule has 3 rings (SSSR count). The number of hydrogen-bond acceptors (Lipinski definition) is 5. The Kier molecular flexibility index (Phi) is 5.82. The van der Waals surface area contributed by atoms with Gasteiger partial charge in [-0.25, -0.2) is 18.8 Å². The molecule has 1 saturated heterocycles. The second-order valence-corrected chi connectivity index (χ2v) is 8.03. The zero-order valence-corrected chi connectivity index (χ0v) is 17.0. The topological polar surface area (TPSA) is 72.6 Å². The fourth-order valence-electron chi connectivity index (χ4n) is 3.09. The van der Waals surface area contributed by atoms with Gasteiger partial charge in [0, 0.05) is 31.9 Å². The van der Waals surface area contributed by atoms with Crippen molar-refractivity contribution in [3.63, 3.8) is 0 Å². The molecular weight excluding hydrogens is 403 g/mol. The van der Waals surface area contributed by atoms with Gasteiger partial charge in [0.15, 0.2) is 0 Å². The van der Waals surface area contributed by atoms with Crippen LogP contribution in [0.15, 0.2) is 35.4 Å². The first kappa shape index (κ1) is 21.7. The molecule has 0 aliphatic carbocycles. The van der Waals surface area contributed by atoms with Crippen molar-refractivity contribution in [3.05, 3.63) is 41.1 Å². The van der Waals surface area contributed by atoms with Crippen molar-refractivity contribution < 1.29 is 22.7 Å². The average Bonchev–Trinajstić information content (AvgIpc) is 2.99. The number of piperazine rings is 1. The van der Waals surface area contributed by atoms with Gasteiger partial charge < -0.3 is 14.5 Å². The standard InChI is InChI=1S/C19H24F3N5O3/c1-18(2,3)30-17(29)25-10-8-24(9-11-25)14-4-6-15(7-5-14)26-13-23-27(16(26)28)12-19(20,21)22/h4-7,13H,8-12H2,1-3H3. The number of alkyl halides is 3. The summed E-state index contributed by atoms with van der Waals surface area (Å²) in [6.45, 7) is 6.28. The fraction of sp³-hybridized carbons (Fsp3) is 0.526. The summed E-state index contributed by atoms with van der Waals surface area (Å²) in [5.41, 5.74) is -0.0929. The average molecular weight is 427 g/mol. The summed E-state index contributed by atoms with van der Waals surface area (Å²) in [5, 5.41) is 3.53. The van der Waals surface area contributed by atoms with Crippen molar-refractivity contribution in [2.24, 2.45) is 0 Å². The third-order valence-corrected chi connectivity index (χ3v) is 4.49. The summed E-state index contributed by atoms with van der Waals surface area (Å²) in [5.74, 6) is 0. The van der Waals surface area contributed by atoms with E-state index in [1.165, 1.54) is 0 Å². The number of anilines is 1. The van der Waals surface area contributed by atoms with Crippen LogP contribution in [0, 0.1) is 0 Å². The molecule has 0 radical (unpaired) electrons. The van der Waals surface area contributed by atoms with Gasteiger partial charge in [-0.3, -0.25) is 0 Å². The van der Waals surface area contributed by atoms with Crippen LogP contribution in [0.1, 0.15) is 20.8 Å². The first-order valence-corrected chi connectivity index (χ1v) is 9.47. The Balaban J connectivity index is 1.64. The normalized spacial score (nSPS) is 15.4. The summed E-state index contributed by atoms with van der Waals surface area (Å²) in [6.07, 6.45) is -3.79. The largest absolute Gasteiger partial charge is 0.444 e. The number of hydrogen-bond donors (Lipinski definition) is 0. The van der Waals surface area contributed by atoms with Gasteiger partial charge in [-0.15, -0.1) is 0 Å². The van der Waals surface area contributed by atoms with E-state index in [0.717, 1.165) is 16.6 Å². The summed E-state index contributed by atoms with van der Waals surface area (Å²) in [4.78, 5) is 28.0. The van der Waals surface area contributed by atoms with Gasteiger partial charge in [0.1, 0.15) is 18.5 Å². The predicted molar refractivity (Wildman–Crippen MR) is 104 cm³/mol. The molecule has 0 atom stereocenters. The second kappa shape index (κ2) is 8.04. The van der Waals surface area contributed by atoms with Gasteiger partial charge in [-0.05, 0) is 45.0 Å². The number of nitrogens with zero attached hydrogens (tertiary/aromatic N) is 5. The molecule has 30 heavy (non-hydrogen) atoms. The molecule has 1 aliphatic rings. The SMILES string of the molecule is CC(C)(C)OC(=O)N1CCN(c2ccc(-n3cnn(CC(F)(F)F)c3=O)cc2)CC1. The number of amides is 1. The maximum absolute atomic E-state index is 12.5. The quantitative estimate of drug-likeness (QED) is 0.753. The fourth-order valence-corrected chi connectivity index (χ4v) is 3.09. The van der Waals surface area contributed by atoms with E-state index in [4.69, 9.17) is 4.74 Å². The minimum atomic E-state index is -4.52. The Bertz CT molecular complexity index is 936. The molecule has 0 spiro atoms. The van der Waals surface area contributed by atoms with E-state index in [1.807, 2.05) is 20.8 Å². The molecule has 1 fully saturated rings. The van der Waals surface area contributed by atoms with Gasteiger partial charge in [0.25, 0.3) is 0 Å². The van der Waals surface area contributed by atoms with E-state index >= 15 is 0 Å². The number of rotatable bonds is 3. The monoisotopic (exact) mass is 427 g/mol. The van der Waals surface area contributed by atoms with E-state index in [2.05, 4.69) is 10.00 Å². The molecule has 1 aromatic heterocycles. The van der Waals surface area contributed by atoms with Crippen molar-refractivity contribution in [1.82, 2.24) is 19.2 Å². The Hall–Kier alpha value is -2.98. The van der Waals surface area contributed by atoms with Gasteiger partial charge in [-0.2, -0.15) is 18.3 Å². The van der Waals surface area contributed by atoms with Gasteiger partial charge in [-0.1, -0.05) is 0 Å². The minimum absolute atomic E-state index is 0.340. The molecule has 1 amide bonds. The molecule has 2 heterocycles. The van der Waals surface area contributed by atoms with Crippen LogP contribution in [0.5, 0.6) is 0 Å². The predicted octanol–water partition coefficient (Wildman–Crippen LogP) is 2.65.